The molecular weight excluding hydrogens is 290 g/mol. The van der Waals surface area contributed by atoms with Crippen molar-refractivity contribution < 1.29 is 4.79 Å². The summed E-state index contributed by atoms with van der Waals surface area (Å²) in [4.78, 5) is 12.3. The van der Waals surface area contributed by atoms with Gasteiger partial charge < -0.3 is 0 Å². The summed E-state index contributed by atoms with van der Waals surface area (Å²) in [7, 11) is 0. The molecule has 2 rings (SSSR count). The fraction of sp³-hybridized carbons (Fsp3) is 0.0667. The minimum absolute atomic E-state index is 0.184. The number of nitriles is 1. The third-order valence-electron chi connectivity index (χ3n) is 2.66. The average Bonchev–Trinajstić information content (AvgIpc) is 2.41. The molecule has 0 saturated heterocycles. The van der Waals surface area contributed by atoms with Gasteiger partial charge in [-0.3, -0.25) is 4.79 Å². The SMILES string of the molecule is N#CC(C(=O)c1ccccc1Br)c1ccccc1. The molecule has 0 N–H and O–H groups in total. The molecule has 0 aliphatic carbocycles. The molecule has 0 aromatic heterocycles. The third kappa shape index (κ3) is 2.49. The first-order chi connectivity index (χ1) is 8.74. The van der Waals surface area contributed by atoms with Gasteiger partial charge in [0.05, 0.1) is 6.07 Å². The molecule has 3 heteroatoms. The Kier molecular flexibility index (Phi) is 3.91. The van der Waals surface area contributed by atoms with Gasteiger partial charge in [-0.2, -0.15) is 5.26 Å². The number of carbonyl (C=O) groups excluding carboxylic acids is 1. The van der Waals surface area contributed by atoms with E-state index in [9.17, 15) is 10.1 Å². The van der Waals surface area contributed by atoms with E-state index in [0.717, 1.165) is 5.56 Å². The molecule has 0 saturated carbocycles. The van der Waals surface area contributed by atoms with Gasteiger partial charge in [-0.1, -0.05) is 64.5 Å². The standard InChI is InChI=1S/C15H10BrNO/c16-14-9-5-4-8-12(14)15(18)13(10-17)11-6-2-1-3-7-11/h1-9,13H. The van der Waals surface area contributed by atoms with Crippen LogP contribution in [0.1, 0.15) is 21.8 Å². The number of nitrogens with zero attached hydrogens (tertiary/aromatic N) is 1. The summed E-state index contributed by atoms with van der Waals surface area (Å²) in [6.45, 7) is 0. The van der Waals surface area contributed by atoms with Crippen molar-refractivity contribution in [1.82, 2.24) is 0 Å². The van der Waals surface area contributed by atoms with Crippen LogP contribution < -0.4 is 0 Å². The Morgan fingerprint density at radius 1 is 1.06 bits per heavy atom. The highest BCUT2D eigenvalue weighted by Gasteiger charge is 2.22. The molecule has 0 radical (unpaired) electrons. The molecule has 2 aromatic rings. The smallest absolute Gasteiger partial charge is 0.185 e. The fourth-order valence-corrected chi connectivity index (χ4v) is 2.23. The maximum Gasteiger partial charge on any atom is 0.185 e. The van der Waals surface area contributed by atoms with Crippen molar-refractivity contribution in [2.45, 2.75) is 5.92 Å². The Morgan fingerprint density at radius 3 is 2.28 bits per heavy atom. The van der Waals surface area contributed by atoms with E-state index >= 15 is 0 Å². The largest absolute Gasteiger partial charge is 0.292 e. The maximum atomic E-state index is 12.3. The van der Waals surface area contributed by atoms with Crippen molar-refractivity contribution in [1.29, 1.82) is 5.26 Å². The van der Waals surface area contributed by atoms with E-state index in [1.54, 1.807) is 30.3 Å². The summed E-state index contributed by atoms with van der Waals surface area (Å²) < 4.78 is 0.714. The van der Waals surface area contributed by atoms with Crippen LogP contribution in [0, 0.1) is 11.3 Å². The minimum atomic E-state index is -0.759. The van der Waals surface area contributed by atoms with Gasteiger partial charge in [0.1, 0.15) is 5.92 Å². The van der Waals surface area contributed by atoms with Crippen LogP contribution >= 0.6 is 15.9 Å². The average molecular weight is 300 g/mol. The predicted molar refractivity (Wildman–Crippen MR) is 73.3 cm³/mol. The number of Topliss-reactive ketones (excluding diaryl/α,β-unsaturated/α-hetero) is 1. The first kappa shape index (κ1) is 12.5. The van der Waals surface area contributed by atoms with Crippen LogP contribution in [0.15, 0.2) is 59.1 Å². The first-order valence-corrected chi connectivity index (χ1v) is 6.26. The van der Waals surface area contributed by atoms with E-state index < -0.39 is 5.92 Å². The molecule has 88 valence electrons. The lowest BCUT2D eigenvalue weighted by Gasteiger charge is -2.09. The van der Waals surface area contributed by atoms with Gasteiger partial charge in [-0.25, -0.2) is 0 Å². The van der Waals surface area contributed by atoms with Crippen LogP contribution in [0.2, 0.25) is 0 Å². The molecular formula is C15H10BrNO. The van der Waals surface area contributed by atoms with Crippen LogP contribution in [0.4, 0.5) is 0 Å². The molecule has 18 heavy (non-hydrogen) atoms. The quantitative estimate of drug-likeness (QED) is 0.806. The summed E-state index contributed by atoms with van der Waals surface area (Å²) in [5.74, 6) is -0.943. The lowest BCUT2D eigenvalue weighted by atomic mass is 9.92. The lowest BCUT2D eigenvalue weighted by molar-refractivity contribution is 0.0978. The van der Waals surface area contributed by atoms with E-state index in [0.29, 0.717) is 10.0 Å². The highest BCUT2D eigenvalue weighted by molar-refractivity contribution is 9.10. The number of rotatable bonds is 3. The lowest BCUT2D eigenvalue weighted by Crippen LogP contribution is -2.11. The maximum absolute atomic E-state index is 12.3. The Balaban J connectivity index is 2.39. The molecule has 0 aliphatic heterocycles. The van der Waals surface area contributed by atoms with Gasteiger partial charge in [0.2, 0.25) is 0 Å². The molecule has 0 amide bonds. The van der Waals surface area contributed by atoms with Gasteiger partial charge in [0.25, 0.3) is 0 Å². The number of halogens is 1. The van der Waals surface area contributed by atoms with Gasteiger partial charge in [0, 0.05) is 10.0 Å². The molecule has 1 atom stereocenters. The number of hydrogen-bond acceptors (Lipinski definition) is 2. The fourth-order valence-electron chi connectivity index (χ4n) is 1.75. The molecule has 0 aliphatic rings. The van der Waals surface area contributed by atoms with E-state index in [2.05, 4.69) is 22.0 Å². The Morgan fingerprint density at radius 2 is 1.67 bits per heavy atom. The highest BCUT2D eigenvalue weighted by atomic mass is 79.9. The number of ketones is 1. The van der Waals surface area contributed by atoms with Crippen LogP contribution in [0.5, 0.6) is 0 Å². The van der Waals surface area contributed by atoms with Gasteiger partial charge >= 0.3 is 0 Å². The number of carbonyl (C=O) groups is 1. The van der Waals surface area contributed by atoms with Crippen molar-refractivity contribution >= 4 is 21.7 Å². The topological polar surface area (TPSA) is 40.9 Å². The molecule has 0 spiro atoms. The molecule has 2 aromatic carbocycles. The molecule has 0 bridgehead atoms. The molecule has 1 unspecified atom stereocenters. The zero-order valence-electron chi connectivity index (χ0n) is 9.51. The Labute approximate surface area is 114 Å². The molecule has 0 fully saturated rings. The second kappa shape index (κ2) is 5.61. The van der Waals surface area contributed by atoms with E-state index in [-0.39, 0.29) is 5.78 Å². The van der Waals surface area contributed by atoms with Crippen LogP contribution in [-0.2, 0) is 0 Å². The summed E-state index contributed by atoms with van der Waals surface area (Å²) in [6.07, 6.45) is 0. The second-order valence-electron chi connectivity index (χ2n) is 3.82. The van der Waals surface area contributed by atoms with Gasteiger partial charge in [-0.15, -0.1) is 0 Å². The van der Waals surface area contributed by atoms with Gasteiger partial charge in [0.15, 0.2) is 5.78 Å². The predicted octanol–water partition coefficient (Wildman–Crippen LogP) is 3.94. The Bertz CT molecular complexity index is 601. The van der Waals surface area contributed by atoms with Crippen molar-refractivity contribution in [3.8, 4) is 6.07 Å². The highest BCUT2D eigenvalue weighted by Crippen LogP contribution is 2.24. The molecule has 2 nitrogen and oxygen atoms in total. The van der Waals surface area contributed by atoms with Crippen LogP contribution in [0.25, 0.3) is 0 Å². The second-order valence-corrected chi connectivity index (χ2v) is 4.67. The normalized spacial score (nSPS) is 11.6. The van der Waals surface area contributed by atoms with Crippen molar-refractivity contribution in [3.63, 3.8) is 0 Å². The van der Waals surface area contributed by atoms with E-state index in [1.807, 2.05) is 24.3 Å². The summed E-state index contributed by atoms with van der Waals surface area (Å²) in [6, 6.07) is 18.3. The summed E-state index contributed by atoms with van der Waals surface area (Å²) in [5.41, 5.74) is 1.26. The monoisotopic (exact) mass is 299 g/mol. The third-order valence-corrected chi connectivity index (χ3v) is 3.36. The zero-order valence-corrected chi connectivity index (χ0v) is 11.1. The van der Waals surface area contributed by atoms with Crippen molar-refractivity contribution in [2.75, 3.05) is 0 Å². The molecule has 0 heterocycles. The first-order valence-electron chi connectivity index (χ1n) is 5.47. The van der Waals surface area contributed by atoms with Crippen LogP contribution in [-0.4, -0.2) is 5.78 Å². The minimum Gasteiger partial charge on any atom is -0.292 e. The number of benzene rings is 2. The van der Waals surface area contributed by atoms with Gasteiger partial charge in [-0.05, 0) is 11.6 Å². The van der Waals surface area contributed by atoms with Crippen molar-refractivity contribution in [2.24, 2.45) is 0 Å². The van der Waals surface area contributed by atoms with Crippen molar-refractivity contribution in [3.05, 3.63) is 70.2 Å². The van der Waals surface area contributed by atoms with E-state index in [4.69, 9.17) is 0 Å². The zero-order chi connectivity index (χ0) is 13.0. The van der Waals surface area contributed by atoms with E-state index in [1.165, 1.54) is 0 Å². The summed E-state index contributed by atoms with van der Waals surface area (Å²) >= 11 is 3.34. The van der Waals surface area contributed by atoms with Crippen LogP contribution in [0.3, 0.4) is 0 Å². The Hall–Kier alpha value is -1.92. The number of hydrogen-bond donors (Lipinski definition) is 0. The summed E-state index contributed by atoms with van der Waals surface area (Å²) in [5, 5.41) is 9.22.